The van der Waals surface area contributed by atoms with Gasteiger partial charge in [-0.05, 0) is 44.2 Å². The van der Waals surface area contributed by atoms with E-state index < -0.39 is 11.8 Å². The average Bonchev–Trinajstić information content (AvgIpc) is 3.17. The third-order valence-electron chi connectivity index (χ3n) is 3.83. The second-order valence-corrected chi connectivity index (χ2v) is 5.77. The number of benzene rings is 2. The fraction of sp³-hybridized carbons (Fsp3) is 0.238. The van der Waals surface area contributed by atoms with Crippen molar-refractivity contribution in [2.75, 3.05) is 13.2 Å². The van der Waals surface area contributed by atoms with Gasteiger partial charge in [-0.2, -0.15) is 0 Å². The summed E-state index contributed by atoms with van der Waals surface area (Å²) in [4.78, 5) is 12.3. The SMILES string of the molecule is CCOc1ccc(C(=O)OCc2cc(-c3ccccc3F)on2)cc1OCC. The van der Waals surface area contributed by atoms with Gasteiger partial charge in [0, 0.05) is 6.07 Å². The van der Waals surface area contributed by atoms with Crippen molar-refractivity contribution < 1.29 is 27.9 Å². The molecule has 0 fully saturated rings. The van der Waals surface area contributed by atoms with E-state index in [1.54, 1.807) is 36.4 Å². The number of carbonyl (C=O) groups is 1. The molecule has 28 heavy (non-hydrogen) atoms. The van der Waals surface area contributed by atoms with Crippen LogP contribution in [0.15, 0.2) is 53.1 Å². The molecule has 7 heteroatoms. The number of aromatic nitrogens is 1. The molecule has 3 rings (SSSR count). The number of halogens is 1. The van der Waals surface area contributed by atoms with Gasteiger partial charge >= 0.3 is 5.97 Å². The monoisotopic (exact) mass is 385 g/mol. The van der Waals surface area contributed by atoms with Gasteiger partial charge in [0.05, 0.1) is 24.3 Å². The Morgan fingerprint density at radius 2 is 1.79 bits per heavy atom. The minimum Gasteiger partial charge on any atom is -0.490 e. The number of ether oxygens (including phenoxy) is 3. The highest BCUT2D eigenvalue weighted by Crippen LogP contribution is 2.29. The molecule has 0 bridgehead atoms. The Balaban J connectivity index is 1.67. The number of hydrogen-bond donors (Lipinski definition) is 0. The molecule has 0 saturated carbocycles. The summed E-state index contributed by atoms with van der Waals surface area (Å²) in [5.41, 5.74) is 0.993. The van der Waals surface area contributed by atoms with E-state index in [-0.39, 0.29) is 12.4 Å². The van der Waals surface area contributed by atoms with E-state index in [4.69, 9.17) is 18.7 Å². The van der Waals surface area contributed by atoms with Crippen LogP contribution >= 0.6 is 0 Å². The van der Waals surface area contributed by atoms with Gasteiger partial charge in [0.2, 0.25) is 0 Å². The maximum atomic E-state index is 13.8. The van der Waals surface area contributed by atoms with E-state index in [1.165, 1.54) is 12.1 Å². The molecular formula is C21H20FNO5. The van der Waals surface area contributed by atoms with Crippen LogP contribution in [-0.2, 0) is 11.3 Å². The van der Waals surface area contributed by atoms with Crippen molar-refractivity contribution in [3.05, 3.63) is 65.6 Å². The molecule has 0 aliphatic heterocycles. The molecule has 6 nitrogen and oxygen atoms in total. The largest absolute Gasteiger partial charge is 0.490 e. The predicted octanol–water partition coefficient (Wildman–Crippen LogP) is 4.64. The molecule has 0 saturated heterocycles. The van der Waals surface area contributed by atoms with Gasteiger partial charge in [0.1, 0.15) is 18.1 Å². The topological polar surface area (TPSA) is 70.8 Å². The lowest BCUT2D eigenvalue weighted by atomic mass is 10.1. The number of hydrogen-bond acceptors (Lipinski definition) is 6. The lowest BCUT2D eigenvalue weighted by Gasteiger charge is -2.12. The molecule has 0 unspecified atom stereocenters. The summed E-state index contributed by atoms with van der Waals surface area (Å²) in [6, 6.07) is 12.6. The third-order valence-corrected chi connectivity index (χ3v) is 3.83. The quantitative estimate of drug-likeness (QED) is 0.526. The minimum absolute atomic E-state index is 0.103. The van der Waals surface area contributed by atoms with Gasteiger partial charge in [-0.15, -0.1) is 0 Å². The maximum absolute atomic E-state index is 13.8. The van der Waals surface area contributed by atoms with Crippen molar-refractivity contribution in [3.63, 3.8) is 0 Å². The van der Waals surface area contributed by atoms with Crippen LogP contribution in [0.5, 0.6) is 11.5 Å². The van der Waals surface area contributed by atoms with Gasteiger partial charge in [0.25, 0.3) is 0 Å². The molecule has 146 valence electrons. The molecule has 0 radical (unpaired) electrons. The summed E-state index contributed by atoms with van der Waals surface area (Å²) in [6.07, 6.45) is 0. The molecule has 0 aliphatic rings. The zero-order chi connectivity index (χ0) is 19.9. The summed E-state index contributed by atoms with van der Waals surface area (Å²) in [5.74, 6) is 0.345. The Labute approximate surface area is 161 Å². The Morgan fingerprint density at radius 1 is 1.04 bits per heavy atom. The third kappa shape index (κ3) is 4.49. The fourth-order valence-electron chi connectivity index (χ4n) is 2.57. The van der Waals surface area contributed by atoms with Crippen molar-refractivity contribution in [3.8, 4) is 22.8 Å². The standard InChI is InChI=1S/C21H20FNO5/c1-3-25-18-10-9-14(11-20(18)26-4-2)21(24)27-13-15-12-19(28-23-15)16-7-5-6-8-17(16)22/h5-12H,3-4,13H2,1-2H3. The molecule has 1 heterocycles. The van der Waals surface area contributed by atoms with Crippen molar-refractivity contribution in [2.45, 2.75) is 20.5 Å². The summed E-state index contributed by atoms with van der Waals surface area (Å²) < 4.78 is 35.2. The van der Waals surface area contributed by atoms with Crippen molar-refractivity contribution in [1.29, 1.82) is 0 Å². The number of nitrogens with zero attached hydrogens (tertiary/aromatic N) is 1. The van der Waals surface area contributed by atoms with E-state index in [1.807, 2.05) is 13.8 Å². The van der Waals surface area contributed by atoms with E-state index in [0.717, 1.165) is 0 Å². The van der Waals surface area contributed by atoms with Crippen molar-refractivity contribution in [1.82, 2.24) is 5.16 Å². The molecule has 2 aromatic carbocycles. The maximum Gasteiger partial charge on any atom is 0.338 e. The van der Waals surface area contributed by atoms with Crippen LogP contribution in [0.3, 0.4) is 0 Å². The van der Waals surface area contributed by atoms with E-state index in [2.05, 4.69) is 5.16 Å². The van der Waals surface area contributed by atoms with Gasteiger partial charge in [-0.25, -0.2) is 9.18 Å². The van der Waals surface area contributed by atoms with Crippen LogP contribution in [0.1, 0.15) is 29.9 Å². The molecular weight excluding hydrogens is 365 g/mol. The average molecular weight is 385 g/mol. The van der Waals surface area contributed by atoms with E-state index in [0.29, 0.717) is 41.5 Å². The summed E-state index contributed by atoms with van der Waals surface area (Å²) >= 11 is 0. The van der Waals surface area contributed by atoms with Crippen LogP contribution in [0.2, 0.25) is 0 Å². The fourth-order valence-corrected chi connectivity index (χ4v) is 2.57. The van der Waals surface area contributed by atoms with Crippen molar-refractivity contribution >= 4 is 5.97 Å². The molecule has 0 amide bonds. The van der Waals surface area contributed by atoms with Crippen molar-refractivity contribution in [2.24, 2.45) is 0 Å². The second kappa shape index (κ2) is 9.03. The first-order valence-electron chi connectivity index (χ1n) is 8.89. The summed E-state index contributed by atoms with van der Waals surface area (Å²) in [7, 11) is 0. The Morgan fingerprint density at radius 3 is 2.54 bits per heavy atom. The smallest absolute Gasteiger partial charge is 0.338 e. The van der Waals surface area contributed by atoms with Gasteiger partial charge in [-0.1, -0.05) is 17.3 Å². The zero-order valence-electron chi connectivity index (χ0n) is 15.6. The second-order valence-electron chi connectivity index (χ2n) is 5.77. The zero-order valence-corrected chi connectivity index (χ0v) is 15.6. The van der Waals surface area contributed by atoms with E-state index >= 15 is 0 Å². The molecule has 0 N–H and O–H groups in total. The van der Waals surface area contributed by atoms with Crippen LogP contribution in [-0.4, -0.2) is 24.3 Å². The first-order valence-corrected chi connectivity index (χ1v) is 8.89. The number of carbonyl (C=O) groups excluding carboxylic acids is 1. The van der Waals surface area contributed by atoms with Crippen LogP contribution in [0.4, 0.5) is 4.39 Å². The van der Waals surface area contributed by atoms with Gasteiger partial charge < -0.3 is 18.7 Å². The lowest BCUT2D eigenvalue weighted by molar-refractivity contribution is 0.0463. The molecule has 0 atom stereocenters. The lowest BCUT2D eigenvalue weighted by Crippen LogP contribution is -2.07. The van der Waals surface area contributed by atoms with Crippen LogP contribution in [0, 0.1) is 5.82 Å². The highest BCUT2D eigenvalue weighted by molar-refractivity contribution is 5.90. The first kappa shape index (κ1) is 19.4. The minimum atomic E-state index is -0.542. The Bertz CT molecular complexity index is 953. The molecule has 1 aromatic heterocycles. The number of esters is 1. The first-order chi connectivity index (χ1) is 13.6. The van der Waals surface area contributed by atoms with Crippen LogP contribution in [0.25, 0.3) is 11.3 Å². The Hall–Kier alpha value is -3.35. The molecule has 3 aromatic rings. The van der Waals surface area contributed by atoms with Crippen LogP contribution < -0.4 is 9.47 Å². The summed E-state index contributed by atoms with van der Waals surface area (Å²) in [6.45, 7) is 4.54. The number of rotatable bonds is 8. The Kier molecular flexibility index (Phi) is 6.26. The van der Waals surface area contributed by atoms with E-state index in [9.17, 15) is 9.18 Å². The van der Waals surface area contributed by atoms with Gasteiger partial charge in [0.15, 0.2) is 17.3 Å². The predicted molar refractivity (Wildman–Crippen MR) is 99.8 cm³/mol. The normalized spacial score (nSPS) is 10.5. The highest BCUT2D eigenvalue weighted by Gasteiger charge is 2.15. The highest BCUT2D eigenvalue weighted by atomic mass is 19.1. The van der Waals surface area contributed by atoms with Gasteiger partial charge in [-0.3, -0.25) is 0 Å². The summed E-state index contributed by atoms with van der Waals surface area (Å²) in [5, 5.41) is 3.82. The molecule has 0 spiro atoms. The molecule has 0 aliphatic carbocycles.